The van der Waals surface area contributed by atoms with Crippen molar-refractivity contribution in [3.63, 3.8) is 0 Å². The molecule has 2 aromatic rings. The van der Waals surface area contributed by atoms with Gasteiger partial charge in [-0.25, -0.2) is 9.59 Å². The van der Waals surface area contributed by atoms with Crippen molar-refractivity contribution in [2.45, 2.75) is 42.7 Å². The number of fused-ring (bicyclic) bond motifs is 1. The zero-order valence-corrected chi connectivity index (χ0v) is 18.0. The van der Waals surface area contributed by atoms with Gasteiger partial charge >= 0.3 is 11.9 Å². The zero-order valence-electron chi connectivity index (χ0n) is 17.2. The second kappa shape index (κ2) is 8.22. The molecule has 0 radical (unpaired) electrons. The highest BCUT2D eigenvalue weighted by Gasteiger charge is 2.61. The molecule has 3 unspecified atom stereocenters. The van der Waals surface area contributed by atoms with Crippen molar-refractivity contribution in [3.05, 3.63) is 51.8 Å². The molecule has 3 heterocycles. The lowest BCUT2D eigenvalue weighted by atomic mass is 9.96. The minimum atomic E-state index is -0.859. The standard InChI is InChI=1S/C19H19N5O7S/c1-19(10-22-8-13(20-21-22)17(26)30-2)16(23-14(25)7-15(23)32-19)18(27)31-9-11-3-5-12(6-4-11)24(28)29/h3-6,8,15-16H,7,9-10H2,1-2H3. The molecule has 2 aliphatic heterocycles. The number of non-ortho nitro benzene ring substituents is 1. The summed E-state index contributed by atoms with van der Waals surface area (Å²) in [5.74, 6) is -1.35. The Morgan fingerprint density at radius 3 is 2.69 bits per heavy atom. The van der Waals surface area contributed by atoms with Crippen LogP contribution in [0.4, 0.5) is 5.69 Å². The maximum atomic E-state index is 13.0. The van der Waals surface area contributed by atoms with Gasteiger partial charge < -0.3 is 14.4 Å². The Balaban J connectivity index is 1.49. The number of hydrogen-bond donors (Lipinski definition) is 0. The first-order valence-electron chi connectivity index (χ1n) is 9.59. The lowest BCUT2D eigenvalue weighted by Gasteiger charge is -2.37. The molecule has 12 nitrogen and oxygen atoms in total. The van der Waals surface area contributed by atoms with Gasteiger partial charge in [0.1, 0.15) is 12.6 Å². The SMILES string of the molecule is COC(=O)c1cn(CC2(C)SC3CC(=O)N3C2C(=O)OCc2ccc([N+](=O)[O-])cc2)nn1. The lowest BCUT2D eigenvalue weighted by molar-refractivity contribution is -0.384. The van der Waals surface area contributed by atoms with Gasteiger partial charge in [0.15, 0.2) is 5.69 Å². The van der Waals surface area contributed by atoms with Gasteiger partial charge in [-0.3, -0.25) is 19.6 Å². The zero-order chi connectivity index (χ0) is 23.0. The van der Waals surface area contributed by atoms with Crippen LogP contribution in [0.2, 0.25) is 0 Å². The van der Waals surface area contributed by atoms with Crippen LogP contribution in [0.25, 0.3) is 0 Å². The lowest BCUT2D eigenvalue weighted by Crippen LogP contribution is -2.58. The maximum absolute atomic E-state index is 13.0. The van der Waals surface area contributed by atoms with E-state index in [1.807, 2.05) is 6.92 Å². The number of aromatic nitrogens is 3. The van der Waals surface area contributed by atoms with E-state index in [4.69, 9.17) is 4.74 Å². The molecule has 13 heteroatoms. The number of carbonyl (C=O) groups excluding carboxylic acids is 3. The molecule has 168 valence electrons. The third-order valence-corrected chi connectivity index (χ3v) is 6.93. The summed E-state index contributed by atoms with van der Waals surface area (Å²) >= 11 is 1.47. The highest BCUT2D eigenvalue weighted by molar-refractivity contribution is 8.01. The fraction of sp³-hybridized carbons (Fsp3) is 0.421. The summed E-state index contributed by atoms with van der Waals surface area (Å²) in [7, 11) is 1.24. The van der Waals surface area contributed by atoms with Crippen molar-refractivity contribution < 1.29 is 28.8 Å². The Morgan fingerprint density at radius 1 is 1.34 bits per heavy atom. The van der Waals surface area contributed by atoms with Crippen molar-refractivity contribution in [3.8, 4) is 0 Å². The fourth-order valence-electron chi connectivity index (χ4n) is 3.81. The summed E-state index contributed by atoms with van der Waals surface area (Å²) in [6.45, 7) is 1.95. The molecule has 3 atom stereocenters. The van der Waals surface area contributed by atoms with E-state index in [1.54, 1.807) is 0 Å². The van der Waals surface area contributed by atoms with E-state index in [1.165, 1.54) is 58.9 Å². The van der Waals surface area contributed by atoms with Gasteiger partial charge in [-0.05, 0) is 24.6 Å². The normalized spacial score (nSPS) is 23.9. The summed E-state index contributed by atoms with van der Waals surface area (Å²) < 4.78 is 10.8. The van der Waals surface area contributed by atoms with E-state index < -0.39 is 27.7 Å². The Kier molecular flexibility index (Phi) is 5.59. The first kappa shape index (κ1) is 21.7. The number of benzene rings is 1. The second-order valence-corrected chi connectivity index (χ2v) is 9.33. The van der Waals surface area contributed by atoms with Gasteiger partial charge in [0.25, 0.3) is 5.69 Å². The first-order chi connectivity index (χ1) is 15.2. The predicted molar refractivity (Wildman–Crippen MR) is 109 cm³/mol. The van der Waals surface area contributed by atoms with Gasteiger partial charge in [0.05, 0.1) is 41.3 Å². The highest BCUT2D eigenvalue weighted by Crippen LogP contribution is 2.52. The topological polar surface area (TPSA) is 147 Å². The number of thioether (sulfide) groups is 1. The molecule has 1 aromatic carbocycles. The second-order valence-electron chi connectivity index (χ2n) is 7.62. The Morgan fingerprint density at radius 2 is 2.06 bits per heavy atom. The van der Waals surface area contributed by atoms with Crippen molar-refractivity contribution in [1.29, 1.82) is 0 Å². The van der Waals surface area contributed by atoms with Crippen LogP contribution in [0, 0.1) is 10.1 Å². The molecule has 1 aromatic heterocycles. The van der Waals surface area contributed by atoms with Crippen LogP contribution in [0.3, 0.4) is 0 Å². The molecule has 2 fully saturated rings. The van der Waals surface area contributed by atoms with Crippen molar-refractivity contribution in [2.75, 3.05) is 7.11 Å². The van der Waals surface area contributed by atoms with Gasteiger partial charge in [0, 0.05) is 12.1 Å². The molecule has 32 heavy (non-hydrogen) atoms. The molecule has 0 N–H and O–H groups in total. The monoisotopic (exact) mass is 461 g/mol. The third-order valence-electron chi connectivity index (χ3n) is 5.37. The van der Waals surface area contributed by atoms with Crippen LogP contribution in [0.1, 0.15) is 29.4 Å². The molecular weight excluding hydrogens is 442 g/mol. The van der Waals surface area contributed by atoms with Crippen LogP contribution < -0.4 is 0 Å². The molecule has 2 saturated heterocycles. The highest BCUT2D eigenvalue weighted by atomic mass is 32.2. The van der Waals surface area contributed by atoms with E-state index in [0.717, 1.165) is 0 Å². The summed E-state index contributed by atoms with van der Waals surface area (Å²) in [4.78, 5) is 48.7. The summed E-state index contributed by atoms with van der Waals surface area (Å²) in [6.07, 6.45) is 1.76. The molecule has 0 saturated carbocycles. The smallest absolute Gasteiger partial charge is 0.360 e. The number of nitro groups is 1. The van der Waals surface area contributed by atoms with Crippen LogP contribution in [-0.4, -0.2) is 65.9 Å². The van der Waals surface area contributed by atoms with Gasteiger partial charge in [-0.15, -0.1) is 16.9 Å². The summed E-state index contributed by atoms with van der Waals surface area (Å²) in [5.41, 5.74) is 0.561. The number of ether oxygens (including phenoxy) is 2. The molecule has 0 aliphatic carbocycles. The molecular formula is C19H19N5O7S. The number of methoxy groups -OCH3 is 1. The van der Waals surface area contributed by atoms with E-state index in [9.17, 15) is 24.5 Å². The maximum Gasteiger partial charge on any atom is 0.360 e. The number of rotatable bonds is 7. The van der Waals surface area contributed by atoms with Crippen molar-refractivity contribution in [2.24, 2.45) is 0 Å². The average molecular weight is 461 g/mol. The van der Waals surface area contributed by atoms with Crippen LogP contribution in [-0.2, 0) is 32.2 Å². The Hall–Kier alpha value is -3.48. The number of amides is 1. The largest absolute Gasteiger partial charge is 0.464 e. The number of nitro benzene ring substituents is 1. The van der Waals surface area contributed by atoms with Crippen LogP contribution >= 0.6 is 11.8 Å². The van der Waals surface area contributed by atoms with Crippen LogP contribution in [0.5, 0.6) is 0 Å². The summed E-state index contributed by atoms with van der Waals surface area (Å²) in [6, 6.07) is 4.82. The Labute approximate surface area is 186 Å². The van der Waals surface area contributed by atoms with Gasteiger partial charge in [-0.2, -0.15) is 0 Å². The number of β-lactam (4-membered cyclic amide) rings is 1. The van der Waals surface area contributed by atoms with Crippen LogP contribution in [0.15, 0.2) is 30.5 Å². The Bertz CT molecular complexity index is 1090. The fourth-order valence-corrected chi connectivity index (χ4v) is 5.55. The molecule has 1 amide bonds. The van der Waals surface area contributed by atoms with Crippen molar-refractivity contribution in [1.82, 2.24) is 19.9 Å². The average Bonchev–Trinajstić information content (AvgIpc) is 3.31. The molecule has 0 bridgehead atoms. The number of nitrogens with zero attached hydrogens (tertiary/aromatic N) is 5. The minimum absolute atomic E-state index is 0.0377. The van der Waals surface area contributed by atoms with Gasteiger partial charge in [0.2, 0.25) is 5.91 Å². The van der Waals surface area contributed by atoms with E-state index in [2.05, 4.69) is 15.0 Å². The summed E-state index contributed by atoms with van der Waals surface area (Å²) in [5, 5.41) is 18.3. The molecule has 4 rings (SSSR count). The molecule has 2 aliphatic rings. The number of hydrogen-bond acceptors (Lipinski definition) is 10. The van der Waals surface area contributed by atoms with Crippen molar-refractivity contribution >= 4 is 35.3 Å². The number of carbonyl (C=O) groups is 3. The van der Waals surface area contributed by atoms with E-state index in [-0.39, 0.29) is 35.8 Å². The minimum Gasteiger partial charge on any atom is -0.464 e. The quantitative estimate of drug-likeness (QED) is 0.254. The molecule has 0 spiro atoms. The number of esters is 2. The predicted octanol–water partition coefficient (Wildman–Crippen LogP) is 1.15. The van der Waals surface area contributed by atoms with E-state index in [0.29, 0.717) is 12.0 Å². The van der Waals surface area contributed by atoms with E-state index >= 15 is 0 Å². The first-order valence-corrected chi connectivity index (χ1v) is 10.5. The van der Waals surface area contributed by atoms with Gasteiger partial charge in [-0.1, -0.05) is 5.21 Å². The third kappa shape index (κ3) is 3.90.